The van der Waals surface area contributed by atoms with E-state index in [4.69, 9.17) is 0 Å². The highest BCUT2D eigenvalue weighted by atomic mass is 32.2. The molecule has 1 heterocycles. The van der Waals surface area contributed by atoms with Gasteiger partial charge in [0.15, 0.2) is 4.34 Å². The number of fused-ring (bicyclic) bond motifs is 1. The Kier molecular flexibility index (Phi) is 2.86. The number of hydrogen-bond donors (Lipinski definition) is 0. The summed E-state index contributed by atoms with van der Waals surface area (Å²) in [5, 5.41) is 0. The molecular weight excluding hydrogens is 198 g/mol. The molecule has 3 heteroatoms. The zero-order valence-corrected chi connectivity index (χ0v) is 8.83. The summed E-state index contributed by atoms with van der Waals surface area (Å²) in [6, 6.07) is 8.25. The molecule has 1 nitrogen and oxygen atoms in total. The maximum absolute atomic E-state index is 4.50. The molecule has 2 rings (SSSR count). The minimum Gasteiger partial charge on any atom is -0.230 e. The summed E-state index contributed by atoms with van der Waals surface area (Å²) < 4.78 is 2.43. The van der Waals surface area contributed by atoms with E-state index >= 15 is 0 Å². The van der Waals surface area contributed by atoms with E-state index in [1.54, 1.807) is 23.1 Å². The Hall–Kier alpha value is -0.540. The molecule has 0 saturated heterocycles. The molecule has 1 radical (unpaired) electrons. The second-order valence-corrected chi connectivity index (χ2v) is 5.02. The molecule has 67 valence electrons. The van der Waals surface area contributed by atoms with E-state index in [1.165, 1.54) is 4.70 Å². The van der Waals surface area contributed by atoms with Crippen molar-refractivity contribution in [2.45, 2.75) is 10.8 Å². The minimum atomic E-state index is 0.959. The third-order valence-electron chi connectivity index (χ3n) is 1.64. The Morgan fingerprint density at radius 2 is 2.23 bits per heavy atom. The van der Waals surface area contributed by atoms with Crippen LogP contribution in [0, 0.1) is 6.92 Å². The standard InChI is InChI=1S/C10H10NS2/c1-2-7-12-10-11-8-5-3-4-6-9(8)13-10/h3-6H,1-2,7H2. The lowest BCUT2D eigenvalue weighted by Gasteiger charge is -1.89. The maximum Gasteiger partial charge on any atom is 0.151 e. The highest BCUT2D eigenvalue weighted by Gasteiger charge is 2.01. The Balaban J connectivity index is 2.28. The van der Waals surface area contributed by atoms with Crippen molar-refractivity contribution < 1.29 is 0 Å². The van der Waals surface area contributed by atoms with Crippen molar-refractivity contribution in [1.29, 1.82) is 0 Å². The molecule has 0 fully saturated rings. The van der Waals surface area contributed by atoms with Crippen LogP contribution in [0.4, 0.5) is 0 Å². The quantitative estimate of drug-likeness (QED) is 0.715. The van der Waals surface area contributed by atoms with Crippen LogP contribution in [-0.4, -0.2) is 10.7 Å². The Morgan fingerprint density at radius 3 is 3.00 bits per heavy atom. The fraction of sp³-hybridized carbons (Fsp3) is 0.200. The van der Waals surface area contributed by atoms with Crippen LogP contribution in [0.1, 0.15) is 6.42 Å². The number of nitrogens with zero attached hydrogens (tertiary/aromatic N) is 1. The number of rotatable bonds is 3. The van der Waals surface area contributed by atoms with E-state index in [-0.39, 0.29) is 0 Å². The summed E-state index contributed by atoms with van der Waals surface area (Å²) >= 11 is 3.55. The molecule has 0 spiro atoms. The van der Waals surface area contributed by atoms with Crippen molar-refractivity contribution in [3.05, 3.63) is 31.2 Å². The summed E-state index contributed by atoms with van der Waals surface area (Å²) in [4.78, 5) is 4.50. The van der Waals surface area contributed by atoms with Gasteiger partial charge in [0, 0.05) is 5.75 Å². The van der Waals surface area contributed by atoms with E-state index in [0.717, 1.165) is 22.0 Å². The van der Waals surface area contributed by atoms with Crippen LogP contribution in [0.3, 0.4) is 0 Å². The van der Waals surface area contributed by atoms with Gasteiger partial charge in [-0.15, -0.1) is 11.3 Å². The first-order valence-corrected chi connectivity index (χ1v) is 5.98. The Labute approximate surface area is 86.2 Å². The number of hydrogen-bond acceptors (Lipinski definition) is 3. The topological polar surface area (TPSA) is 12.9 Å². The molecule has 0 bridgehead atoms. The lowest BCUT2D eigenvalue weighted by atomic mass is 10.3. The zero-order chi connectivity index (χ0) is 9.10. The van der Waals surface area contributed by atoms with E-state index in [2.05, 4.69) is 30.1 Å². The van der Waals surface area contributed by atoms with Crippen molar-refractivity contribution in [2.75, 3.05) is 5.75 Å². The van der Waals surface area contributed by atoms with Crippen molar-refractivity contribution in [2.24, 2.45) is 0 Å². The number of thiazole rings is 1. The van der Waals surface area contributed by atoms with Crippen LogP contribution < -0.4 is 0 Å². The smallest absolute Gasteiger partial charge is 0.151 e. The Morgan fingerprint density at radius 1 is 1.38 bits per heavy atom. The van der Waals surface area contributed by atoms with Gasteiger partial charge in [0.1, 0.15) is 0 Å². The molecule has 2 aromatic rings. The van der Waals surface area contributed by atoms with Gasteiger partial charge in [-0.25, -0.2) is 4.98 Å². The fourth-order valence-electron chi connectivity index (χ4n) is 1.07. The van der Waals surface area contributed by atoms with Gasteiger partial charge >= 0.3 is 0 Å². The van der Waals surface area contributed by atoms with Crippen LogP contribution in [-0.2, 0) is 0 Å². The Bertz CT molecular complexity index is 361. The van der Waals surface area contributed by atoms with Crippen molar-refractivity contribution in [1.82, 2.24) is 4.98 Å². The SMILES string of the molecule is [CH2]CCSc1nc2ccccc2s1. The largest absolute Gasteiger partial charge is 0.230 e. The van der Waals surface area contributed by atoms with E-state index in [1.807, 2.05) is 6.07 Å². The number of aromatic nitrogens is 1. The monoisotopic (exact) mass is 208 g/mol. The first-order valence-electron chi connectivity index (χ1n) is 4.18. The van der Waals surface area contributed by atoms with Crippen molar-refractivity contribution in [3.63, 3.8) is 0 Å². The average molecular weight is 208 g/mol. The van der Waals surface area contributed by atoms with Crippen molar-refractivity contribution >= 4 is 33.3 Å². The molecule has 13 heavy (non-hydrogen) atoms. The van der Waals surface area contributed by atoms with E-state index < -0.39 is 0 Å². The zero-order valence-electron chi connectivity index (χ0n) is 7.19. The molecule has 0 unspecified atom stereocenters. The van der Waals surface area contributed by atoms with Gasteiger partial charge in [-0.3, -0.25) is 0 Å². The summed E-state index contributed by atoms with van der Waals surface area (Å²) in [5.74, 6) is 1.06. The molecular formula is C10H10NS2. The van der Waals surface area contributed by atoms with Crippen molar-refractivity contribution in [3.8, 4) is 0 Å². The molecule has 0 aliphatic heterocycles. The summed E-state index contributed by atoms with van der Waals surface area (Å²) in [6.07, 6.45) is 0.959. The summed E-state index contributed by atoms with van der Waals surface area (Å²) in [6.45, 7) is 3.81. The van der Waals surface area contributed by atoms with Gasteiger partial charge in [-0.2, -0.15) is 0 Å². The van der Waals surface area contributed by atoms with Gasteiger partial charge in [-0.1, -0.05) is 30.8 Å². The molecule has 1 aromatic carbocycles. The predicted octanol–water partition coefficient (Wildman–Crippen LogP) is 3.61. The van der Waals surface area contributed by atoms with Crippen LogP contribution in [0.5, 0.6) is 0 Å². The first-order chi connectivity index (χ1) is 6.40. The highest BCUT2D eigenvalue weighted by Crippen LogP contribution is 2.29. The van der Waals surface area contributed by atoms with Crippen LogP contribution >= 0.6 is 23.1 Å². The van der Waals surface area contributed by atoms with Crippen LogP contribution in [0.2, 0.25) is 0 Å². The number of para-hydroxylation sites is 1. The lowest BCUT2D eigenvalue weighted by Crippen LogP contribution is -1.73. The predicted molar refractivity (Wildman–Crippen MR) is 60.3 cm³/mol. The molecule has 0 amide bonds. The highest BCUT2D eigenvalue weighted by molar-refractivity contribution is 8.01. The first kappa shape index (κ1) is 9.03. The molecule has 0 atom stereocenters. The van der Waals surface area contributed by atoms with Gasteiger partial charge in [0.05, 0.1) is 10.2 Å². The van der Waals surface area contributed by atoms with Crippen LogP contribution in [0.15, 0.2) is 28.6 Å². The van der Waals surface area contributed by atoms with Gasteiger partial charge in [0.2, 0.25) is 0 Å². The lowest BCUT2D eigenvalue weighted by molar-refractivity contribution is 1.22. The fourth-order valence-corrected chi connectivity index (χ4v) is 3.01. The second-order valence-electron chi connectivity index (χ2n) is 2.65. The third-order valence-corrected chi connectivity index (χ3v) is 3.91. The molecule has 0 N–H and O–H groups in total. The maximum atomic E-state index is 4.50. The van der Waals surface area contributed by atoms with E-state index in [9.17, 15) is 0 Å². The molecule has 1 aromatic heterocycles. The molecule has 0 aliphatic rings. The van der Waals surface area contributed by atoms with Crippen LogP contribution in [0.25, 0.3) is 10.2 Å². The minimum absolute atomic E-state index is 0.959. The molecule has 0 aliphatic carbocycles. The van der Waals surface area contributed by atoms with E-state index in [0.29, 0.717) is 0 Å². The normalized spacial score (nSPS) is 10.8. The second kappa shape index (κ2) is 4.11. The summed E-state index contributed by atoms with van der Waals surface area (Å²) in [7, 11) is 0. The van der Waals surface area contributed by atoms with Gasteiger partial charge in [0.25, 0.3) is 0 Å². The third kappa shape index (κ3) is 2.03. The van der Waals surface area contributed by atoms with Gasteiger partial charge < -0.3 is 0 Å². The summed E-state index contributed by atoms with van der Waals surface area (Å²) in [5.41, 5.74) is 1.11. The molecule has 0 saturated carbocycles. The average Bonchev–Trinajstić information content (AvgIpc) is 2.57. The number of benzene rings is 1. The number of thioether (sulfide) groups is 1. The van der Waals surface area contributed by atoms with Gasteiger partial charge in [-0.05, 0) is 18.6 Å².